The van der Waals surface area contributed by atoms with Crippen LogP contribution < -0.4 is 4.74 Å². The standard InChI is InChI=1S/C25H19F5O/c1-2-16-8-11-20-18-6-4-3-5-17(18)9-12-21(20)19(16)10-7-15-13-22(26)24(23(27)14-15)31-25(28,29)30/h3-6,9,12-14,16,19H,2,8,11H2,1H3/t16-,19+/m1/s1. The number of fused-ring (bicyclic) bond motifs is 3. The molecule has 0 fully saturated rings. The molecule has 0 heterocycles. The summed E-state index contributed by atoms with van der Waals surface area (Å²) in [7, 11) is 0. The van der Waals surface area contributed by atoms with E-state index in [1.807, 2.05) is 18.2 Å². The van der Waals surface area contributed by atoms with Crippen molar-refractivity contribution in [2.24, 2.45) is 5.92 Å². The molecule has 1 aliphatic carbocycles. The lowest BCUT2D eigenvalue weighted by Gasteiger charge is -2.30. The minimum Gasteiger partial charge on any atom is -0.399 e. The molecule has 0 unspecified atom stereocenters. The lowest BCUT2D eigenvalue weighted by molar-refractivity contribution is -0.276. The summed E-state index contributed by atoms with van der Waals surface area (Å²) in [6, 6.07) is 13.7. The summed E-state index contributed by atoms with van der Waals surface area (Å²) in [5, 5.41) is 2.32. The second-order valence-corrected chi connectivity index (χ2v) is 7.63. The van der Waals surface area contributed by atoms with E-state index in [0.29, 0.717) is 0 Å². The summed E-state index contributed by atoms with van der Waals surface area (Å²) in [5.74, 6) is 1.71. The van der Waals surface area contributed by atoms with E-state index in [4.69, 9.17) is 0 Å². The van der Waals surface area contributed by atoms with Gasteiger partial charge in [-0.1, -0.05) is 61.6 Å². The Bertz CT molecular complexity index is 1160. The Morgan fingerprint density at radius 3 is 2.42 bits per heavy atom. The van der Waals surface area contributed by atoms with E-state index in [1.54, 1.807) is 0 Å². The van der Waals surface area contributed by atoms with E-state index in [1.165, 1.54) is 10.9 Å². The van der Waals surface area contributed by atoms with E-state index in [9.17, 15) is 22.0 Å². The SMILES string of the molecule is CC[C@@H]1CCc2c(ccc3ccccc23)[C@H]1C#Cc1cc(F)c(OC(F)(F)F)c(F)c1. The third kappa shape index (κ3) is 4.36. The first-order valence-corrected chi connectivity index (χ1v) is 10.0. The molecule has 0 radical (unpaired) electrons. The van der Waals surface area contributed by atoms with Gasteiger partial charge < -0.3 is 4.74 Å². The van der Waals surface area contributed by atoms with Gasteiger partial charge in [0.25, 0.3) is 0 Å². The molecule has 0 N–H and O–H groups in total. The Morgan fingerprint density at radius 2 is 1.74 bits per heavy atom. The monoisotopic (exact) mass is 430 g/mol. The van der Waals surface area contributed by atoms with Crippen molar-refractivity contribution in [2.45, 2.75) is 38.5 Å². The van der Waals surface area contributed by atoms with Gasteiger partial charge in [0.2, 0.25) is 5.75 Å². The van der Waals surface area contributed by atoms with Crippen LogP contribution in [-0.4, -0.2) is 6.36 Å². The zero-order valence-corrected chi connectivity index (χ0v) is 16.7. The molecule has 1 aliphatic rings. The number of benzene rings is 3. The van der Waals surface area contributed by atoms with E-state index in [2.05, 4.69) is 41.7 Å². The van der Waals surface area contributed by atoms with Crippen LogP contribution in [0.2, 0.25) is 0 Å². The summed E-state index contributed by atoms with van der Waals surface area (Å²) in [4.78, 5) is 0. The van der Waals surface area contributed by atoms with Crippen LogP contribution in [0.4, 0.5) is 22.0 Å². The van der Waals surface area contributed by atoms with Gasteiger partial charge >= 0.3 is 6.36 Å². The molecular formula is C25H19F5O. The molecule has 0 amide bonds. The van der Waals surface area contributed by atoms with Crippen molar-refractivity contribution in [1.82, 2.24) is 0 Å². The molecule has 3 aromatic carbocycles. The number of ether oxygens (including phenoxy) is 1. The third-order valence-electron chi connectivity index (χ3n) is 5.76. The van der Waals surface area contributed by atoms with Crippen LogP contribution in [0.3, 0.4) is 0 Å². The van der Waals surface area contributed by atoms with E-state index >= 15 is 0 Å². The van der Waals surface area contributed by atoms with Gasteiger partial charge in [0.1, 0.15) is 0 Å². The van der Waals surface area contributed by atoms with E-state index in [-0.39, 0.29) is 17.4 Å². The van der Waals surface area contributed by atoms with Crippen LogP contribution in [0.5, 0.6) is 5.75 Å². The first kappa shape index (κ1) is 21.2. The molecule has 2 atom stereocenters. The van der Waals surface area contributed by atoms with Crippen LogP contribution in [0.1, 0.15) is 42.4 Å². The molecule has 1 nitrogen and oxygen atoms in total. The number of rotatable bonds is 2. The topological polar surface area (TPSA) is 9.23 Å². The normalized spacial score (nSPS) is 18.3. The van der Waals surface area contributed by atoms with Gasteiger partial charge in [-0.2, -0.15) is 0 Å². The number of alkyl halides is 3. The second kappa shape index (κ2) is 8.22. The quantitative estimate of drug-likeness (QED) is 0.311. The van der Waals surface area contributed by atoms with E-state index in [0.717, 1.165) is 42.3 Å². The smallest absolute Gasteiger partial charge is 0.399 e. The van der Waals surface area contributed by atoms with Crippen molar-refractivity contribution >= 4 is 10.8 Å². The largest absolute Gasteiger partial charge is 0.573 e. The van der Waals surface area contributed by atoms with Crippen molar-refractivity contribution in [3.63, 3.8) is 0 Å². The molecule has 31 heavy (non-hydrogen) atoms. The van der Waals surface area contributed by atoms with Gasteiger partial charge in [0.15, 0.2) is 11.6 Å². The Hall–Kier alpha value is -3.07. The van der Waals surface area contributed by atoms with Crippen molar-refractivity contribution < 1.29 is 26.7 Å². The molecular weight excluding hydrogens is 411 g/mol. The van der Waals surface area contributed by atoms with Crippen LogP contribution in [0.15, 0.2) is 48.5 Å². The van der Waals surface area contributed by atoms with Gasteiger partial charge in [0.05, 0.1) is 0 Å². The minimum atomic E-state index is -5.18. The molecule has 160 valence electrons. The Labute approximate surface area is 176 Å². The van der Waals surface area contributed by atoms with E-state index < -0.39 is 23.7 Å². The first-order valence-electron chi connectivity index (χ1n) is 10.0. The lowest BCUT2D eigenvalue weighted by atomic mass is 9.73. The minimum absolute atomic E-state index is 0.0349. The maximum absolute atomic E-state index is 14.0. The predicted molar refractivity (Wildman–Crippen MR) is 109 cm³/mol. The molecule has 0 saturated heterocycles. The number of aryl methyl sites for hydroxylation is 1. The van der Waals surface area contributed by atoms with Gasteiger partial charge in [-0.25, -0.2) is 8.78 Å². The Kier molecular flexibility index (Phi) is 5.62. The molecule has 0 aromatic heterocycles. The Morgan fingerprint density at radius 1 is 1.03 bits per heavy atom. The van der Waals surface area contributed by atoms with Gasteiger partial charge in [-0.15, -0.1) is 13.2 Å². The van der Waals surface area contributed by atoms with Crippen molar-refractivity contribution in [3.05, 3.63) is 76.9 Å². The highest BCUT2D eigenvalue weighted by Gasteiger charge is 2.34. The fourth-order valence-corrected chi connectivity index (χ4v) is 4.32. The summed E-state index contributed by atoms with van der Waals surface area (Å²) >= 11 is 0. The highest BCUT2D eigenvalue weighted by atomic mass is 19.4. The molecule has 0 spiro atoms. The van der Waals surface area contributed by atoms with Crippen molar-refractivity contribution in [3.8, 4) is 17.6 Å². The van der Waals surface area contributed by atoms with Crippen LogP contribution in [0, 0.1) is 29.4 Å². The molecule has 6 heteroatoms. The molecule has 3 aromatic rings. The second-order valence-electron chi connectivity index (χ2n) is 7.63. The van der Waals surface area contributed by atoms with Gasteiger partial charge in [-0.05, 0) is 52.8 Å². The summed E-state index contributed by atoms with van der Waals surface area (Å²) in [5.41, 5.74) is 2.29. The maximum atomic E-state index is 14.0. The first-order chi connectivity index (χ1) is 14.8. The maximum Gasteiger partial charge on any atom is 0.573 e. The summed E-state index contributed by atoms with van der Waals surface area (Å²) in [6.07, 6.45) is -2.41. The fourth-order valence-electron chi connectivity index (χ4n) is 4.32. The van der Waals surface area contributed by atoms with Gasteiger partial charge in [0, 0.05) is 11.5 Å². The fraction of sp³-hybridized carbons (Fsp3) is 0.280. The molecule has 0 bridgehead atoms. The molecule has 0 saturated carbocycles. The molecule has 4 rings (SSSR count). The number of hydrogen-bond acceptors (Lipinski definition) is 1. The molecule has 0 aliphatic heterocycles. The number of hydrogen-bond donors (Lipinski definition) is 0. The average Bonchev–Trinajstić information content (AvgIpc) is 2.73. The van der Waals surface area contributed by atoms with Crippen LogP contribution in [0.25, 0.3) is 10.8 Å². The zero-order chi connectivity index (χ0) is 22.2. The van der Waals surface area contributed by atoms with Crippen LogP contribution in [-0.2, 0) is 6.42 Å². The summed E-state index contributed by atoms with van der Waals surface area (Å²) in [6.45, 7) is 2.08. The highest BCUT2D eigenvalue weighted by Crippen LogP contribution is 2.40. The van der Waals surface area contributed by atoms with Crippen molar-refractivity contribution in [1.29, 1.82) is 0 Å². The zero-order valence-electron chi connectivity index (χ0n) is 16.7. The van der Waals surface area contributed by atoms with Crippen molar-refractivity contribution in [2.75, 3.05) is 0 Å². The number of halogens is 5. The lowest BCUT2D eigenvalue weighted by Crippen LogP contribution is -2.19. The van der Waals surface area contributed by atoms with Crippen LogP contribution >= 0.6 is 0 Å². The van der Waals surface area contributed by atoms with Gasteiger partial charge in [-0.3, -0.25) is 0 Å². The average molecular weight is 430 g/mol. The Balaban J connectivity index is 1.73. The predicted octanol–water partition coefficient (Wildman–Crippen LogP) is 7.12. The summed E-state index contributed by atoms with van der Waals surface area (Å²) < 4.78 is 68.5. The third-order valence-corrected chi connectivity index (χ3v) is 5.76. The highest BCUT2D eigenvalue weighted by molar-refractivity contribution is 5.87.